The van der Waals surface area contributed by atoms with E-state index in [9.17, 15) is 4.39 Å². The van der Waals surface area contributed by atoms with Gasteiger partial charge in [-0.1, -0.05) is 11.6 Å². The van der Waals surface area contributed by atoms with E-state index >= 15 is 0 Å². The van der Waals surface area contributed by atoms with Gasteiger partial charge in [-0.3, -0.25) is 4.68 Å². The number of hydrogen-bond acceptors (Lipinski definition) is 3. The van der Waals surface area contributed by atoms with Crippen LogP contribution in [0.15, 0.2) is 23.1 Å². The smallest absolute Gasteiger partial charge is 0.125 e. The maximum absolute atomic E-state index is 13.0. The number of anilines is 1. The molecule has 0 fully saturated rings. The summed E-state index contributed by atoms with van der Waals surface area (Å²) >= 11 is 7.76. The van der Waals surface area contributed by atoms with Gasteiger partial charge in [-0.2, -0.15) is 5.10 Å². The summed E-state index contributed by atoms with van der Waals surface area (Å²) in [6.45, 7) is 4.67. The molecule has 0 aliphatic carbocycles. The highest BCUT2D eigenvalue weighted by Gasteiger charge is 2.13. The number of rotatable bonds is 4. The molecule has 0 aliphatic rings. The van der Waals surface area contributed by atoms with E-state index in [4.69, 9.17) is 17.3 Å². The molecule has 0 amide bonds. The molecule has 102 valence electrons. The Morgan fingerprint density at radius 3 is 2.84 bits per heavy atom. The Balaban J connectivity index is 2.18. The van der Waals surface area contributed by atoms with Crippen molar-refractivity contribution in [1.29, 1.82) is 0 Å². The molecular formula is C13H15ClFN3S. The molecule has 1 aromatic heterocycles. The standard InChI is InChI=1S/C13H15ClFN3S/c1-3-18-11(13(14)8(2)17-18)7-19-12-5-4-9(15)6-10(12)16/h4-6H,3,7,16H2,1-2H3. The molecule has 0 saturated carbocycles. The topological polar surface area (TPSA) is 43.8 Å². The van der Waals surface area contributed by atoms with Gasteiger partial charge >= 0.3 is 0 Å². The monoisotopic (exact) mass is 299 g/mol. The predicted molar refractivity (Wildman–Crippen MR) is 78.0 cm³/mol. The lowest BCUT2D eigenvalue weighted by molar-refractivity contribution is 0.627. The van der Waals surface area contributed by atoms with Crippen molar-refractivity contribution < 1.29 is 4.39 Å². The van der Waals surface area contributed by atoms with Crippen LogP contribution >= 0.6 is 23.4 Å². The molecule has 3 nitrogen and oxygen atoms in total. The van der Waals surface area contributed by atoms with Gasteiger partial charge in [0.05, 0.1) is 16.4 Å². The zero-order chi connectivity index (χ0) is 14.0. The molecule has 0 atom stereocenters. The summed E-state index contributed by atoms with van der Waals surface area (Å²) in [6, 6.07) is 4.41. The Morgan fingerprint density at radius 1 is 1.47 bits per heavy atom. The normalized spacial score (nSPS) is 10.9. The van der Waals surface area contributed by atoms with Crippen molar-refractivity contribution in [3.05, 3.63) is 40.4 Å². The lowest BCUT2D eigenvalue weighted by atomic mass is 10.3. The highest BCUT2D eigenvalue weighted by molar-refractivity contribution is 7.98. The molecule has 2 N–H and O–H groups in total. The van der Waals surface area contributed by atoms with Crippen LogP contribution in [0.1, 0.15) is 18.3 Å². The number of nitrogen functional groups attached to an aromatic ring is 1. The largest absolute Gasteiger partial charge is 0.398 e. The number of nitrogens with zero attached hydrogens (tertiary/aromatic N) is 2. The summed E-state index contributed by atoms with van der Waals surface area (Å²) in [4.78, 5) is 0.846. The van der Waals surface area contributed by atoms with E-state index in [0.29, 0.717) is 16.5 Å². The number of thioether (sulfide) groups is 1. The summed E-state index contributed by atoms with van der Waals surface area (Å²) in [6.07, 6.45) is 0. The van der Waals surface area contributed by atoms with E-state index in [0.717, 1.165) is 22.8 Å². The van der Waals surface area contributed by atoms with Crippen molar-refractivity contribution in [2.24, 2.45) is 0 Å². The van der Waals surface area contributed by atoms with Crippen molar-refractivity contribution in [1.82, 2.24) is 9.78 Å². The number of halogens is 2. The van der Waals surface area contributed by atoms with Gasteiger partial charge in [-0.25, -0.2) is 4.39 Å². The molecule has 0 bridgehead atoms. The quantitative estimate of drug-likeness (QED) is 0.688. The molecule has 0 spiro atoms. The highest BCUT2D eigenvalue weighted by atomic mass is 35.5. The maximum Gasteiger partial charge on any atom is 0.125 e. The highest BCUT2D eigenvalue weighted by Crippen LogP contribution is 2.31. The van der Waals surface area contributed by atoms with Crippen LogP contribution in [0, 0.1) is 12.7 Å². The number of benzene rings is 1. The zero-order valence-electron chi connectivity index (χ0n) is 10.8. The van der Waals surface area contributed by atoms with Gasteiger partial charge in [0.25, 0.3) is 0 Å². The average Bonchev–Trinajstić information content (AvgIpc) is 2.65. The summed E-state index contributed by atoms with van der Waals surface area (Å²) < 4.78 is 14.9. The number of nitrogens with two attached hydrogens (primary N) is 1. The van der Waals surface area contributed by atoms with Gasteiger partial charge in [0.15, 0.2) is 0 Å². The lowest BCUT2D eigenvalue weighted by Crippen LogP contribution is -2.02. The maximum atomic E-state index is 13.0. The molecule has 6 heteroatoms. The molecule has 19 heavy (non-hydrogen) atoms. The molecule has 0 unspecified atom stereocenters. The predicted octanol–water partition coefficient (Wildman–Crippen LogP) is 3.88. The van der Waals surface area contributed by atoms with Gasteiger partial charge in [0.1, 0.15) is 5.82 Å². The van der Waals surface area contributed by atoms with Crippen molar-refractivity contribution in [3.8, 4) is 0 Å². The van der Waals surface area contributed by atoms with Crippen molar-refractivity contribution >= 4 is 29.1 Å². The Kier molecular flexibility index (Phi) is 4.37. The first-order chi connectivity index (χ1) is 9.02. The summed E-state index contributed by atoms with van der Waals surface area (Å²) in [7, 11) is 0. The summed E-state index contributed by atoms with van der Waals surface area (Å²) in [5.74, 6) is 0.331. The molecule has 1 heterocycles. The Bertz CT molecular complexity index is 598. The van der Waals surface area contributed by atoms with Crippen LogP contribution in [0.2, 0.25) is 5.02 Å². The minimum atomic E-state index is -0.325. The van der Waals surface area contributed by atoms with Crippen LogP contribution < -0.4 is 5.73 Å². The molecular weight excluding hydrogens is 285 g/mol. The van der Waals surface area contributed by atoms with Crippen molar-refractivity contribution in [3.63, 3.8) is 0 Å². The third-order valence-electron chi connectivity index (χ3n) is 2.79. The molecule has 2 aromatic rings. The first-order valence-electron chi connectivity index (χ1n) is 5.92. The van der Waals surface area contributed by atoms with Crippen molar-refractivity contribution in [2.75, 3.05) is 5.73 Å². The molecule has 0 radical (unpaired) electrons. The third kappa shape index (κ3) is 3.04. The fourth-order valence-corrected chi connectivity index (χ4v) is 3.06. The minimum absolute atomic E-state index is 0.325. The SMILES string of the molecule is CCn1nc(C)c(Cl)c1CSc1ccc(F)cc1N. The van der Waals surface area contributed by atoms with E-state index in [1.165, 1.54) is 23.9 Å². The number of aromatic nitrogens is 2. The van der Waals surface area contributed by atoms with Gasteiger partial charge in [0, 0.05) is 22.9 Å². The second kappa shape index (κ2) is 5.84. The Labute approximate surface area is 120 Å². The minimum Gasteiger partial charge on any atom is -0.398 e. The Morgan fingerprint density at radius 2 is 2.21 bits per heavy atom. The fraction of sp³-hybridized carbons (Fsp3) is 0.308. The zero-order valence-corrected chi connectivity index (χ0v) is 12.4. The number of aryl methyl sites for hydroxylation is 2. The molecule has 0 saturated heterocycles. The van der Waals surface area contributed by atoms with Crippen LogP contribution in [0.3, 0.4) is 0 Å². The summed E-state index contributed by atoms with van der Waals surface area (Å²) in [5.41, 5.74) is 8.02. The second-order valence-electron chi connectivity index (χ2n) is 4.13. The Hall–Kier alpha value is -1.20. The van der Waals surface area contributed by atoms with Gasteiger partial charge in [0.2, 0.25) is 0 Å². The van der Waals surface area contributed by atoms with Gasteiger partial charge in [-0.15, -0.1) is 11.8 Å². The van der Waals surface area contributed by atoms with E-state index in [-0.39, 0.29) is 5.82 Å². The molecule has 2 rings (SSSR count). The first-order valence-corrected chi connectivity index (χ1v) is 7.29. The number of hydrogen-bond donors (Lipinski definition) is 1. The summed E-state index contributed by atoms with van der Waals surface area (Å²) in [5, 5.41) is 5.05. The van der Waals surface area contributed by atoms with Crippen LogP contribution in [0.25, 0.3) is 0 Å². The lowest BCUT2D eigenvalue weighted by Gasteiger charge is -2.07. The van der Waals surface area contributed by atoms with Gasteiger partial charge in [-0.05, 0) is 32.0 Å². The van der Waals surface area contributed by atoms with E-state index < -0.39 is 0 Å². The van der Waals surface area contributed by atoms with Gasteiger partial charge < -0.3 is 5.73 Å². The van der Waals surface area contributed by atoms with Crippen LogP contribution in [-0.4, -0.2) is 9.78 Å². The van der Waals surface area contributed by atoms with Crippen LogP contribution in [0.5, 0.6) is 0 Å². The van der Waals surface area contributed by atoms with Crippen LogP contribution in [-0.2, 0) is 12.3 Å². The average molecular weight is 300 g/mol. The molecule has 1 aromatic carbocycles. The fourth-order valence-electron chi connectivity index (χ4n) is 1.80. The van der Waals surface area contributed by atoms with E-state index in [2.05, 4.69) is 5.10 Å². The van der Waals surface area contributed by atoms with Crippen molar-refractivity contribution in [2.45, 2.75) is 31.0 Å². The third-order valence-corrected chi connectivity index (χ3v) is 4.38. The van der Waals surface area contributed by atoms with Crippen LogP contribution in [0.4, 0.5) is 10.1 Å². The van der Waals surface area contributed by atoms with E-state index in [1.54, 1.807) is 6.07 Å². The first kappa shape index (κ1) is 14.2. The van der Waals surface area contributed by atoms with E-state index in [1.807, 2.05) is 18.5 Å². The second-order valence-corrected chi connectivity index (χ2v) is 5.53. The molecule has 0 aliphatic heterocycles.